The van der Waals surface area contributed by atoms with E-state index in [9.17, 15) is 15.3 Å². The first-order valence-corrected chi connectivity index (χ1v) is 11.5. The monoisotopic (exact) mass is 502 g/mol. The van der Waals surface area contributed by atoms with Crippen LogP contribution in [0.3, 0.4) is 0 Å². The first-order chi connectivity index (χ1) is 17.3. The fourth-order valence-corrected chi connectivity index (χ4v) is 4.74. The highest BCUT2D eigenvalue weighted by Gasteiger charge is 2.44. The molecule has 1 unspecified atom stereocenters. The lowest BCUT2D eigenvalue weighted by Gasteiger charge is -2.38. The van der Waals surface area contributed by atoms with E-state index in [-0.39, 0.29) is 6.04 Å². The van der Waals surface area contributed by atoms with Crippen molar-refractivity contribution in [2.45, 2.75) is 56.5 Å². The second-order valence-electron chi connectivity index (χ2n) is 9.40. The van der Waals surface area contributed by atoms with Crippen LogP contribution < -0.4 is 25.1 Å². The number of fused-ring (bicyclic) bond motifs is 2. The maximum absolute atomic E-state index is 10.4. The molecule has 5 atom stereocenters. The average molecular weight is 503 g/mol. The molecule has 0 saturated carbocycles. The van der Waals surface area contributed by atoms with Crippen LogP contribution in [0.4, 0.5) is 5.82 Å². The average Bonchev–Trinajstić information content (AvgIpc) is 3.41. The number of imidazole rings is 1. The molecule has 5 N–H and O–H groups in total. The van der Waals surface area contributed by atoms with E-state index in [0.29, 0.717) is 40.7 Å². The number of methoxy groups -OCH3 is 2. The molecule has 0 amide bonds. The Bertz CT molecular complexity index is 1250. The molecule has 2 aliphatic rings. The van der Waals surface area contributed by atoms with Crippen molar-refractivity contribution in [3.05, 3.63) is 30.4 Å². The minimum absolute atomic E-state index is 0.211. The van der Waals surface area contributed by atoms with Gasteiger partial charge in [-0.3, -0.25) is 4.57 Å². The van der Waals surface area contributed by atoms with Gasteiger partial charge < -0.3 is 39.7 Å². The summed E-state index contributed by atoms with van der Waals surface area (Å²) in [4.78, 5) is 13.0. The third-order valence-corrected chi connectivity index (χ3v) is 6.48. The van der Waals surface area contributed by atoms with Crippen LogP contribution in [0.15, 0.2) is 24.8 Å². The minimum Gasteiger partial charge on any atom is -0.496 e. The summed E-state index contributed by atoms with van der Waals surface area (Å²) in [5, 5.41) is 30.0. The van der Waals surface area contributed by atoms with Crippen LogP contribution in [0, 0.1) is 0 Å². The molecule has 0 radical (unpaired) electrons. The number of nitrogens with one attached hydrogen (secondary N) is 2. The van der Waals surface area contributed by atoms with E-state index in [1.54, 1.807) is 20.3 Å². The van der Waals surface area contributed by atoms with E-state index >= 15 is 0 Å². The zero-order chi connectivity index (χ0) is 25.6. The van der Waals surface area contributed by atoms with Gasteiger partial charge in [0.1, 0.15) is 47.5 Å². The summed E-state index contributed by atoms with van der Waals surface area (Å²) in [5.41, 5.74) is 7.66. The summed E-state index contributed by atoms with van der Waals surface area (Å²) >= 11 is 0. The third-order valence-electron chi connectivity index (χ3n) is 6.48. The Kier molecular flexibility index (Phi) is 6.34. The second-order valence-corrected chi connectivity index (χ2v) is 9.40. The number of ether oxygens (including phenoxy) is 4. The van der Waals surface area contributed by atoms with Gasteiger partial charge in [0.25, 0.3) is 0 Å². The fraction of sp³-hybridized carbons (Fsp3) is 0.522. The second kappa shape index (κ2) is 9.33. The van der Waals surface area contributed by atoms with Gasteiger partial charge >= 0.3 is 0 Å². The van der Waals surface area contributed by atoms with Gasteiger partial charge in [-0.05, 0) is 13.8 Å². The van der Waals surface area contributed by atoms with Crippen LogP contribution in [0.25, 0.3) is 11.2 Å². The lowest BCUT2D eigenvalue weighted by molar-refractivity contribution is -0.0511. The third kappa shape index (κ3) is 4.18. The number of hydrogen-bond acceptors (Lipinski definition) is 12. The molecule has 1 saturated heterocycles. The van der Waals surface area contributed by atoms with Gasteiger partial charge in [-0.25, -0.2) is 20.4 Å². The lowest BCUT2D eigenvalue weighted by Crippen LogP contribution is -2.41. The molecule has 4 heterocycles. The topological polar surface area (TPSA) is 165 Å². The molecule has 1 aromatic carbocycles. The summed E-state index contributed by atoms with van der Waals surface area (Å²) in [6.07, 6.45) is -0.916. The molecule has 13 heteroatoms. The molecular weight excluding hydrogens is 472 g/mol. The van der Waals surface area contributed by atoms with Crippen molar-refractivity contribution in [1.82, 2.24) is 24.9 Å². The van der Waals surface area contributed by atoms with Gasteiger partial charge in [0, 0.05) is 18.6 Å². The van der Waals surface area contributed by atoms with E-state index in [2.05, 4.69) is 25.8 Å². The van der Waals surface area contributed by atoms with Gasteiger partial charge in [-0.1, -0.05) is 0 Å². The molecule has 5 rings (SSSR count). The molecule has 0 bridgehead atoms. The first kappa shape index (κ1) is 24.5. The van der Waals surface area contributed by atoms with Crippen molar-refractivity contribution >= 4 is 17.0 Å². The number of anilines is 1. The van der Waals surface area contributed by atoms with E-state index < -0.39 is 36.7 Å². The first-order valence-electron chi connectivity index (χ1n) is 11.5. The largest absolute Gasteiger partial charge is 0.496 e. The highest BCUT2D eigenvalue weighted by atomic mass is 16.6. The molecule has 3 aromatic rings. The minimum atomic E-state index is -1.26. The van der Waals surface area contributed by atoms with Crippen LogP contribution in [0.2, 0.25) is 0 Å². The molecule has 0 aliphatic carbocycles. The van der Waals surface area contributed by atoms with E-state index in [1.165, 1.54) is 17.2 Å². The number of aromatic nitrogens is 4. The Morgan fingerprint density at radius 3 is 2.64 bits per heavy atom. The normalized spacial score (nSPS) is 26.9. The van der Waals surface area contributed by atoms with Crippen LogP contribution in [-0.2, 0) is 4.74 Å². The highest BCUT2D eigenvalue weighted by Crippen LogP contribution is 2.46. The highest BCUT2D eigenvalue weighted by molar-refractivity contribution is 5.82. The number of rotatable bonds is 7. The maximum atomic E-state index is 10.4. The Labute approximate surface area is 207 Å². The van der Waals surface area contributed by atoms with Crippen LogP contribution >= 0.6 is 0 Å². The summed E-state index contributed by atoms with van der Waals surface area (Å²) in [7, 11) is 3.18. The number of nitrogens with zero attached hydrogens (tertiary/aromatic N) is 4. The molecule has 1 fully saturated rings. The van der Waals surface area contributed by atoms with Crippen molar-refractivity contribution in [1.29, 1.82) is 0 Å². The van der Waals surface area contributed by atoms with E-state index in [1.807, 2.05) is 19.9 Å². The molecule has 36 heavy (non-hydrogen) atoms. The Balaban J connectivity index is 1.43. The molecular formula is C23H30N6O7. The zero-order valence-corrected chi connectivity index (χ0v) is 20.4. The van der Waals surface area contributed by atoms with Crippen molar-refractivity contribution < 1.29 is 34.3 Å². The number of hydrogen-bond donors (Lipinski definition) is 5. The zero-order valence-electron chi connectivity index (χ0n) is 20.4. The molecule has 194 valence electrons. The Morgan fingerprint density at radius 2 is 1.94 bits per heavy atom. The predicted octanol–water partition coefficient (Wildman–Crippen LogP) is 0.674. The van der Waals surface area contributed by atoms with Gasteiger partial charge in [0.15, 0.2) is 23.2 Å². The SMILES string of the molecule is COc1cc(OC)c2c(c1)OC(C)(C)CC2NNc1ncnc2c1ncn2[C@@H]1O[C@H](CO)[C@@H](O)[C@H]1O. The maximum Gasteiger partial charge on any atom is 0.171 e. The number of benzene rings is 1. The van der Waals surface area contributed by atoms with Crippen molar-refractivity contribution in [2.75, 3.05) is 26.3 Å². The quantitative estimate of drug-likeness (QED) is 0.287. The van der Waals surface area contributed by atoms with Crippen LogP contribution in [-0.4, -0.2) is 79.6 Å². The van der Waals surface area contributed by atoms with Crippen molar-refractivity contribution in [2.24, 2.45) is 0 Å². The summed E-state index contributed by atoms with van der Waals surface area (Å²) < 4.78 is 24.4. The summed E-state index contributed by atoms with van der Waals surface area (Å²) in [6.45, 7) is 3.58. The molecule has 13 nitrogen and oxygen atoms in total. The molecule has 2 aromatic heterocycles. The molecule has 2 aliphatic heterocycles. The van der Waals surface area contributed by atoms with Crippen molar-refractivity contribution in [3.63, 3.8) is 0 Å². The fourth-order valence-electron chi connectivity index (χ4n) is 4.74. The number of aliphatic hydroxyl groups excluding tert-OH is 3. The van der Waals surface area contributed by atoms with Gasteiger partial charge in [-0.15, -0.1) is 0 Å². The van der Waals surface area contributed by atoms with Gasteiger partial charge in [0.2, 0.25) is 0 Å². The lowest BCUT2D eigenvalue weighted by atomic mass is 9.89. The van der Waals surface area contributed by atoms with Crippen LogP contribution in [0.5, 0.6) is 17.2 Å². The number of aliphatic hydroxyl groups is 3. The molecule has 0 spiro atoms. The van der Waals surface area contributed by atoms with Crippen LogP contribution in [0.1, 0.15) is 38.1 Å². The predicted molar refractivity (Wildman–Crippen MR) is 127 cm³/mol. The smallest absolute Gasteiger partial charge is 0.171 e. The van der Waals surface area contributed by atoms with Gasteiger partial charge in [0.05, 0.1) is 38.8 Å². The van der Waals surface area contributed by atoms with Gasteiger partial charge in [-0.2, -0.15) is 0 Å². The summed E-state index contributed by atoms with van der Waals surface area (Å²) in [5.74, 6) is 2.32. The Hall–Kier alpha value is -3.23. The van der Waals surface area contributed by atoms with E-state index in [4.69, 9.17) is 18.9 Å². The standard InChI is InChI=1S/C23H30N6O7/c1-23(2)7-12(16-13(34-4)5-11(33-3)6-14(16)36-23)27-28-20-17-21(25-9-24-20)29(10-26-17)22-19(32)18(31)15(8-30)35-22/h5-6,9-10,12,15,18-19,22,27,30-32H,7-8H2,1-4H3,(H,24,25,28)/t12?,15-,18-,19-,22-/m1/s1. The Morgan fingerprint density at radius 1 is 1.14 bits per heavy atom. The summed E-state index contributed by atoms with van der Waals surface area (Å²) in [6, 6.07) is 3.43. The van der Waals surface area contributed by atoms with E-state index in [0.717, 1.165) is 5.56 Å². The number of hydrazine groups is 1. The van der Waals surface area contributed by atoms with Crippen molar-refractivity contribution in [3.8, 4) is 17.2 Å².